The van der Waals surface area contributed by atoms with Gasteiger partial charge in [-0.3, -0.25) is 14.5 Å². The van der Waals surface area contributed by atoms with Crippen LogP contribution < -0.4 is 11.1 Å². The molecule has 1 aliphatic rings. The summed E-state index contributed by atoms with van der Waals surface area (Å²) >= 11 is 0. The van der Waals surface area contributed by atoms with Crippen molar-refractivity contribution in [3.05, 3.63) is 36.0 Å². The average Bonchev–Trinajstić information content (AvgIpc) is 3.27. The Balaban J connectivity index is 1.67. The molecule has 1 aliphatic heterocycles. The number of nitrogens with one attached hydrogen (secondary N) is 1. The number of fused-ring (bicyclic) bond motifs is 1. The molecule has 0 saturated carbocycles. The maximum Gasteiger partial charge on any atom is 0.407 e. The van der Waals surface area contributed by atoms with Crippen LogP contribution >= 0.6 is 0 Å². The van der Waals surface area contributed by atoms with Gasteiger partial charge in [0, 0.05) is 31.7 Å². The summed E-state index contributed by atoms with van der Waals surface area (Å²) in [5, 5.41) is 14.1. The van der Waals surface area contributed by atoms with Gasteiger partial charge in [0.05, 0.1) is 0 Å². The monoisotopic (exact) mass is 441 g/mol. The van der Waals surface area contributed by atoms with Crippen LogP contribution in [0.3, 0.4) is 0 Å². The van der Waals surface area contributed by atoms with Crippen LogP contribution in [0.5, 0.6) is 0 Å². The first-order chi connectivity index (χ1) is 15.3. The first-order valence-electron chi connectivity index (χ1n) is 11.0. The smallest absolute Gasteiger partial charge is 0.407 e. The molecule has 3 amide bonds. The second kappa shape index (κ2) is 10.3. The number of nitrogens with two attached hydrogens (primary N) is 1. The Bertz CT molecular complexity index is 996. The summed E-state index contributed by atoms with van der Waals surface area (Å²) in [5.41, 5.74) is 6.81. The summed E-state index contributed by atoms with van der Waals surface area (Å²) in [7, 11) is 1.41. The SMILES string of the molecule is CCCCC(C(=O)N1CCCC1C(=O)NCc1ccc2c(N)nccc2c1)N(C)C(=O)O. The number of carboxylic acid groups (broad SMARTS) is 1. The molecule has 0 bridgehead atoms. The van der Waals surface area contributed by atoms with Gasteiger partial charge in [0.2, 0.25) is 11.8 Å². The lowest BCUT2D eigenvalue weighted by molar-refractivity contribution is -0.142. The first-order valence-corrected chi connectivity index (χ1v) is 11.0. The van der Waals surface area contributed by atoms with Gasteiger partial charge in [-0.05, 0) is 42.3 Å². The minimum Gasteiger partial charge on any atom is -0.465 e. The maximum atomic E-state index is 13.2. The fourth-order valence-electron chi connectivity index (χ4n) is 4.18. The minimum absolute atomic E-state index is 0.225. The number of benzene rings is 1. The lowest BCUT2D eigenvalue weighted by atomic mass is 10.1. The predicted molar refractivity (Wildman–Crippen MR) is 122 cm³/mol. The Morgan fingerprint density at radius 3 is 2.84 bits per heavy atom. The number of likely N-dealkylation sites (N-methyl/N-ethyl adjacent to an activating group) is 1. The van der Waals surface area contributed by atoms with E-state index in [1.54, 1.807) is 11.1 Å². The number of likely N-dealkylation sites (tertiary alicyclic amines) is 1. The Kier molecular flexibility index (Phi) is 7.50. The van der Waals surface area contributed by atoms with Crippen molar-refractivity contribution in [3.63, 3.8) is 0 Å². The van der Waals surface area contributed by atoms with Crippen molar-refractivity contribution in [1.82, 2.24) is 20.1 Å². The molecule has 2 heterocycles. The molecule has 1 fully saturated rings. The molecule has 2 aromatic rings. The summed E-state index contributed by atoms with van der Waals surface area (Å²) in [4.78, 5) is 44.3. The predicted octanol–water partition coefficient (Wildman–Crippen LogP) is 2.59. The van der Waals surface area contributed by atoms with Crippen LogP contribution in [-0.2, 0) is 16.1 Å². The van der Waals surface area contributed by atoms with Crippen molar-refractivity contribution in [3.8, 4) is 0 Å². The van der Waals surface area contributed by atoms with E-state index in [4.69, 9.17) is 5.73 Å². The number of amides is 3. The van der Waals surface area contributed by atoms with E-state index in [9.17, 15) is 19.5 Å². The van der Waals surface area contributed by atoms with Crippen LogP contribution in [0.15, 0.2) is 30.5 Å². The molecule has 1 saturated heterocycles. The normalized spacial score (nSPS) is 16.7. The highest BCUT2D eigenvalue weighted by molar-refractivity contribution is 5.92. The van der Waals surface area contributed by atoms with Crippen LogP contribution in [-0.4, -0.2) is 63.5 Å². The molecule has 9 nitrogen and oxygen atoms in total. The van der Waals surface area contributed by atoms with Crippen LogP contribution in [0.1, 0.15) is 44.6 Å². The number of anilines is 1. The molecule has 1 aromatic carbocycles. The van der Waals surface area contributed by atoms with E-state index in [0.717, 1.165) is 34.1 Å². The molecule has 9 heteroatoms. The van der Waals surface area contributed by atoms with E-state index < -0.39 is 18.2 Å². The zero-order valence-electron chi connectivity index (χ0n) is 18.6. The number of carbonyl (C=O) groups is 3. The van der Waals surface area contributed by atoms with Gasteiger partial charge < -0.3 is 21.1 Å². The van der Waals surface area contributed by atoms with Crippen molar-refractivity contribution < 1.29 is 19.5 Å². The molecule has 172 valence electrons. The Hall–Kier alpha value is -3.36. The highest BCUT2D eigenvalue weighted by atomic mass is 16.4. The van der Waals surface area contributed by atoms with Crippen molar-refractivity contribution >= 4 is 34.5 Å². The summed E-state index contributed by atoms with van der Waals surface area (Å²) in [5.74, 6) is -0.0609. The molecule has 3 rings (SSSR count). The van der Waals surface area contributed by atoms with E-state index in [2.05, 4.69) is 10.3 Å². The van der Waals surface area contributed by atoms with E-state index in [-0.39, 0.29) is 11.8 Å². The Morgan fingerprint density at radius 2 is 2.12 bits per heavy atom. The highest BCUT2D eigenvalue weighted by Gasteiger charge is 2.39. The van der Waals surface area contributed by atoms with Gasteiger partial charge in [-0.2, -0.15) is 0 Å². The van der Waals surface area contributed by atoms with Crippen molar-refractivity contribution in [2.45, 2.75) is 57.7 Å². The molecular weight excluding hydrogens is 410 g/mol. The number of nitrogen functional groups attached to an aromatic ring is 1. The zero-order valence-corrected chi connectivity index (χ0v) is 18.6. The highest BCUT2D eigenvalue weighted by Crippen LogP contribution is 2.23. The summed E-state index contributed by atoms with van der Waals surface area (Å²) in [6.45, 7) is 2.77. The molecule has 0 radical (unpaired) electrons. The van der Waals surface area contributed by atoms with Crippen LogP contribution in [0.25, 0.3) is 10.8 Å². The van der Waals surface area contributed by atoms with Gasteiger partial charge in [0.1, 0.15) is 17.9 Å². The van der Waals surface area contributed by atoms with Crippen molar-refractivity contribution in [2.24, 2.45) is 0 Å². The van der Waals surface area contributed by atoms with Crippen molar-refractivity contribution in [1.29, 1.82) is 0 Å². The minimum atomic E-state index is -1.15. The largest absolute Gasteiger partial charge is 0.465 e. The summed E-state index contributed by atoms with van der Waals surface area (Å²) in [6, 6.07) is 6.22. The molecular formula is C23H31N5O4. The molecule has 0 spiro atoms. The second-order valence-corrected chi connectivity index (χ2v) is 8.21. The fraction of sp³-hybridized carbons (Fsp3) is 0.478. The fourth-order valence-corrected chi connectivity index (χ4v) is 4.18. The number of pyridine rings is 1. The second-order valence-electron chi connectivity index (χ2n) is 8.21. The number of hydrogen-bond acceptors (Lipinski definition) is 5. The standard InChI is InChI=1S/C23H31N5O4/c1-3-4-6-19(27(2)23(31)32)22(30)28-12-5-7-18(28)21(29)26-14-15-8-9-17-16(13-15)10-11-25-20(17)24/h8-11,13,18-19H,3-7,12,14H2,1-2H3,(H2,24,25)(H,26,29)(H,31,32). The number of aromatic nitrogens is 1. The van der Waals surface area contributed by atoms with Crippen LogP contribution in [0.4, 0.5) is 10.6 Å². The van der Waals surface area contributed by atoms with Gasteiger partial charge in [-0.15, -0.1) is 0 Å². The number of nitrogens with zero attached hydrogens (tertiary/aromatic N) is 3. The van der Waals surface area contributed by atoms with E-state index in [1.807, 2.05) is 31.2 Å². The van der Waals surface area contributed by atoms with E-state index in [1.165, 1.54) is 7.05 Å². The summed E-state index contributed by atoms with van der Waals surface area (Å²) < 4.78 is 0. The number of carbonyl (C=O) groups excluding carboxylic acids is 2. The molecule has 0 aliphatic carbocycles. The topological polar surface area (TPSA) is 129 Å². The quantitative estimate of drug-likeness (QED) is 0.577. The zero-order chi connectivity index (χ0) is 23.3. The van der Waals surface area contributed by atoms with Gasteiger partial charge in [-0.1, -0.05) is 31.9 Å². The van der Waals surface area contributed by atoms with Gasteiger partial charge in [0.25, 0.3) is 0 Å². The molecule has 1 aromatic heterocycles. The lowest BCUT2D eigenvalue weighted by Crippen LogP contribution is -2.53. The van der Waals surface area contributed by atoms with E-state index in [0.29, 0.717) is 38.2 Å². The first kappa shape index (κ1) is 23.3. The van der Waals surface area contributed by atoms with Gasteiger partial charge in [-0.25, -0.2) is 9.78 Å². The number of unbranched alkanes of at least 4 members (excludes halogenated alkanes) is 1. The maximum absolute atomic E-state index is 13.2. The average molecular weight is 442 g/mol. The van der Waals surface area contributed by atoms with Gasteiger partial charge in [0.15, 0.2) is 0 Å². The summed E-state index contributed by atoms with van der Waals surface area (Å²) in [6.07, 6.45) is 3.81. The lowest BCUT2D eigenvalue weighted by Gasteiger charge is -2.32. The number of hydrogen-bond donors (Lipinski definition) is 3. The number of rotatable bonds is 8. The third-order valence-corrected chi connectivity index (χ3v) is 6.05. The Labute approximate surface area is 187 Å². The molecule has 4 N–H and O–H groups in total. The van der Waals surface area contributed by atoms with Crippen LogP contribution in [0, 0.1) is 0 Å². The van der Waals surface area contributed by atoms with Crippen molar-refractivity contribution in [2.75, 3.05) is 19.3 Å². The molecule has 2 unspecified atom stereocenters. The third-order valence-electron chi connectivity index (χ3n) is 6.05. The van der Waals surface area contributed by atoms with E-state index >= 15 is 0 Å². The van der Waals surface area contributed by atoms with Crippen LogP contribution in [0.2, 0.25) is 0 Å². The molecule has 2 atom stereocenters. The molecule has 32 heavy (non-hydrogen) atoms. The Morgan fingerprint density at radius 1 is 1.34 bits per heavy atom. The third kappa shape index (κ3) is 5.09. The van der Waals surface area contributed by atoms with Gasteiger partial charge >= 0.3 is 6.09 Å².